The molecule has 0 bridgehead atoms. The van der Waals surface area contributed by atoms with Crippen molar-refractivity contribution in [2.45, 2.75) is 95.8 Å². The molecule has 0 aliphatic carbocycles. The number of rotatable bonds is 28. The molecule has 93 heavy (non-hydrogen) atoms. The van der Waals surface area contributed by atoms with Crippen molar-refractivity contribution in [2.75, 3.05) is 139 Å². The number of carbonyl (C=O) groups excluding carboxylic acids is 6. The minimum Gasteiger partial charge on any atom is -0.748 e. The number of halogens is 3. The Morgan fingerprint density at radius 3 is 1.28 bits per heavy atom. The van der Waals surface area contributed by atoms with Crippen LogP contribution in [0.1, 0.15) is 88.3 Å². The van der Waals surface area contributed by atoms with E-state index in [-0.39, 0.29) is 61.2 Å². The first-order valence-corrected chi connectivity index (χ1v) is 35.6. The number of hydroxylamine groups is 2. The molecule has 5 rings (SSSR count). The first-order chi connectivity index (χ1) is 43.3. The van der Waals surface area contributed by atoms with Crippen molar-refractivity contribution in [2.24, 2.45) is 11.5 Å². The van der Waals surface area contributed by atoms with Gasteiger partial charge in [-0.05, 0) is 71.2 Å². The van der Waals surface area contributed by atoms with Crippen molar-refractivity contribution in [1.29, 1.82) is 0 Å². The number of nitrogens with zero attached hydrogens (tertiary/aromatic N) is 5. The van der Waals surface area contributed by atoms with E-state index in [1.165, 1.54) is 6.92 Å². The van der Waals surface area contributed by atoms with Crippen molar-refractivity contribution in [3.8, 4) is 0 Å². The summed E-state index contributed by atoms with van der Waals surface area (Å²) >= 11 is 14.4. The van der Waals surface area contributed by atoms with E-state index >= 15 is 0 Å². The third-order valence-electron chi connectivity index (χ3n) is 11.8. The number of amides is 2. The topological polar surface area (TPSA) is 368 Å². The van der Waals surface area contributed by atoms with Gasteiger partial charge in [-0.1, -0.05) is 131 Å². The van der Waals surface area contributed by atoms with Crippen molar-refractivity contribution in [1.82, 2.24) is 14.9 Å². The van der Waals surface area contributed by atoms with Gasteiger partial charge < -0.3 is 58.3 Å². The van der Waals surface area contributed by atoms with Gasteiger partial charge in [0, 0.05) is 76.6 Å². The van der Waals surface area contributed by atoms with Crippen LogP contribution in [0.4, 0.5) is 4.79 Å². The Bertz CT molecular complexity index is 2820. The van der Waals surface area contributed by atoms with Gasteiger partial charge in [0.2, 0.25) is 0 Å². The first kappa shape index (κ1) is 92.0. The second kappa shape index (κ2) is 53.0. The smallest absolute Gasteiger partial charge is 0.534 e. The van der Waals surface area contributed by atoms with Crippen molar-refractivity contribution < 1.29 is 100 Å². The maximum absolute atomic E-state index is 11.7. The number of likely N-dealkylation sites (N-methyl/N-ethyl adjacent to an activating group) is 2. The Hall–Kier alpha value is -5.16. The minimum absolute atomic E-state index is 0.0237. The molecule has 2 amide bonds. The van der Waals surface area contributed by atoms with Gasteiger partial charge in [-0.15, -0.1) is 0 Å². The van der Waals surface area contributed by atoms with Crippen LogP contribution in [-0.4, -0.2) is 238 Å². The fourth-order valence-corrected chi connectivity index (χ4v) is 9.07. The summed E-state index contributed by atoms with van der Waals surface area (Å²) in [6, 6.07) is 28.2. The lowest BCUT2D eigenvalue weighted by molar-refractivity contribution is -0.890. The second-order valence-corrected chi connectivity index (χ2v) is 28.8. The molecular formula is C60H100Cl3N7O20S3. The molecule has 0 radical (unpaired) electrons. The molecule has 2 aliphatic rings. The quantitative estimate of drug-likeness (QED) is 0.0166. The summed E-state index contributed by atoms with van der Waals surface area (Å²) in [7, 11) is 4.58. The normalized spacial score (nSPS) is 13.1. The fourth-order valence-electron chi connectivity index (χ4n) is 7.14. The number of imide groups is 1. The number of ether oxygens (including phenoxy) is 4. The zero-order valence-corrected chi connectivity index (χ0v) is 60.0. The maximum atomic E-state index is 11.7. The van der Waals surface area contributed by atoms with E-state index in [1.807, 2.05) is 123 Å². The molecular weight excluding hydrogens is 1340 g/mol. The van der Waals surface area contributed by atoms with Gasteiger partial charge in [0.05, 0.1) is 100.0 Å². The first-order valence-electron chi connectivity index (χ1n) is 29.5. The van der Waals surface area contributed by atoms with E-state index in [0.717, 1.165) is 55.8 Å². The van der Waals surface area contributed by atoms with Crippen LogP contribution >= 0.6 is 34.8 Å². The number of esters is 3. The summed E-state index contributed by atoms with van der Waals surface area (Å²) in [5, 5.41) is 0.452. The lowest BCUT2D eigenvalue weighted by atomic mass is 10.2. The monoisotopic (exact) mass is 1440 g/mol. The Labute approximate surface area is 566 Å². The zero-order valence-electron chi connectivity index (χ0n) is 55.3. The molecule has 2 aliphatic heterocycles. The number of quaternary nitrogens is 2. The molecule has 2 fully saturated rings. The Morgan fingerprint density at radius 2 is 0.989 bits per heavy atom. The van der Waals surface area contributed by atoms with Crippen LogP contribution < -0.4 is 11.5 Å². The molecule has 3 aromatic carbocycles. The predicted octanol–water partition coefficient (Wildman–Crippen LogP) is 5.75. The van der Waals surface area contributed by atoms with Crippen LogP contribution in [0.15, 0.2) is 91.0 Å². The number of carbonyl (C=O) groups is 6. The third kappa shape index (κ3) is 64.0. The lowest BCUT2D eigenvalue weighted by Crippen LogP contribution is -2.44. The molecule has 0 atom stereocenters. The SMILES string of the molecule is CCOC(C)=O.CN(C)CCCC(=O)OCc1ccccc1.CN(C)CCN.C[N+](C)(CCCC(=O)OCc1ccccc1)CCCS(=O)(=O)[O-].C[N+](C)(CCN)CCCS(=O)(=O)[O-].ClC(Cl)Cl.O=C(OCc1ccccc1)ON1C(=O)CCC1=O.O=S1(=O)CCCO1. The molecule has 0 saturated carbocycles. The standard InChI is InChI=1S/C16H25NO5S.C13H19NO2.C12H11NO5.C7H18N2O3S.C4H12N2.C4H8O2.C3H6O3S.CHCl3/c1-17(2,12-7-13-23(19,20)21)11-6-10-16(18)22-14-15-8-4-3-5-9-15;1-14(2)10-6-9-13(15)16-11-12-7-4-3-5-8-12;14-10-6-7-11(15)13(10)18-12(16)17-8-9-4-2-1-3-5-9;1-9(2,6-4-8)5-3-7-13(10,11)12;1-6(2)4-3-5;1-3-6-4(2)5;4-7(5)3-1-2-6-7;2-1(3)4/h3-5,8-9H,6-7,10-14H2,1-2H3;3-5,7-8H,6,9-11H2,1-2H3;1-5H,6-8H2;3-8H2,1-2H3;3-5H2,1-2H3;3H2,1-2H3;1-3H2;1H. The van der Waals surface area contributed by atoms with Gasteiger partial charge in [0.15, 0.2) is 4.30 Å². The summed E-state index contributed by atoms with van der Waals surface area (Å²) in [6.45, 7) is 10.7. The van der Waals surface area contributed by atoms with E-state index in [0.29, 0.717) is 92.0 Å². The molecule has 27 nitrogen and oxygen atoms in total. The molecule has 33 heteroatoms. The van der Waals surface area contributed by atoms with Crippen molar-refractivity contribution in [3.63, 3.8) is 0 Å². The van der Waals surface area contributed by atoms with E-state index in [4.69, 9.17) is 60.5 Å². The van der Waals surface area contributed by atoms with E-state index < -0.39 is 52.6 Å². The maximum Gasteiger partial charge on any atom is 0.534 e. The summed E-state index contributed by atoms with van der Waals surface area (Å²) in [6.07, 6.45) is 2.76. The van der Waals surface area contributed by atoms with Crippen molar-refractivity contribution in [3.05, 3.63) is 108 Å². The Morgan fingerprint density at radius 1 is 0.613 bits per heavy atom. The lowest BCUT2D eigenvalue weighted by Gasteiger charge is -2.29. The second-order valence-electron chi connectivity index (χ2n) is 22.0. The largest absolute Gasteiger partial charge is 0.748 e. The highest BCUT2D eigenvalue weighted by Gasteiger charge is 2.33. The van der Waals surface area contributed by atoms with E-state index in [2.05, 4.69) is 23.6 Å². The molecule has 0 spiro atoms. The van der Waals surface area contributed by atoms with Gasteiger partial charge in [0.1, 0.15) is 19.8 Å². The van der Waals surface area contributed by atoms with Gasteiger partial charge in [-0.2, -0.15) is 8.42 Å². The number of hydrogen-bond donors (Lipinski definition) is 2. The molecule has 3 aromatic rings. The molecule has 0 unspecified atom stereocenters. The number of hydrogen-bond acceptors (Lipinski definition) is 24. The molecule has 2 saturated heterocycles. The average Bonchev–Trinajstić information content (AvgIpc) is 3.75. The van der Waals surface area contributed by atoms with Crippen LogP contribution in [0, 0.1) is 0 Å². The minimum atomic E-state index is -4.15. The molecule has 0 aromatic heterocycles. The summed E-state index contributed by atoms with van der Waals surface area (Å²) in [5.74, 6) is -2.05. The highest BCUT2D eigenvalue weighted by molar-refractivity contribution is 7.87. The van der Waals surface area contributed by atoms with Crippen molar-refractivity contribution >= 4 is 101 Å². The summed E-state index contributed by atoms with van der Waals surface area (Å²) in [5.41, 5.74) is 13.3. The van der Waals surface area contributed by atoms with Crippen LogP contribution in [0.25, 0.3) is 0 Å². The molecule has 534 valence electrons. The average molecular weight is 1440 g/mol. The fraction of sp³-hybridized carbons (Fsp3) is 0.600. The van der Waals surface area contributed by atoms with E-state index in [1.54, 1.807) is 31.2 Å². The summed E-state index contributed by atoms with van der Waals surface area (Å²) < 4.78 is 107. The Balaban J connectivity index is -0.00000105. The van der Waals surface area contributed by atoms with Gasteiger partial charge >= 0.3 is 24.1 Å². The zero-order chi connectivity index (χ0) is 71.5. The van der Waals surface area contributed by atoms with Crippen LogP contribution in [0.5, 0.6) is 0 Å². The van der Waals surface area contributed by atoms with E-state index in [9.17, 15) is 63.1 Å². The van der Waals surface area contributed by atoms with Crippen LogP contribution in [0.2, 0.25) is 0 Å². The number of benzene rings is 3. The van der Waals surface area contributed by atoms with Gasteiger partial charge in [0.25, 0.3) is 21.9 Å². The van der Waals surface area contributed by atoms with Gasteiger partial charge in [-0.25, -0.2) is 21.6 Å². The van der Waals surface area contributed by atoms with Crippen LogP contribution in [0.3, 0.4) is 0 Å². The molecule has 2 heterocycles. The number of nitrogens with two attached hydrogens (primary N) is 2. The number of alkyl halides is 3. The van der Waals surface area contributed by atoms with Gasteiger partial charge in [-0.3, -0.25) is 33.0 Å². The molecule has 4 N–H and O–H groups in total. The summed E-state index contributed by atoms with van der Waals surface area (Å²) in [4.78, 5) is 75.1. The third-order valence-corrected chi connectivity index (χ3v) is 14.7. The van der Waals surface area contributed by atoms with Crippen LogP contribution in [-0.2, 0) is 102 Å². The Kier molecular flexibility index (Phi) is 52.5. The highest BCUT2D eigenvalue weighted by atomic mass is 35.6. The predicted molar refractivity (Wildman–Crippen MR) is 355 cm³/mol. The highest BCUT2D eigenvalue weighted by Crippen LogP contribution is 2.14.